The topological polar surface area (TPSA) is 107 Å². The van der Waals surface area contributed by atoms with Crippen molar-refractivity contribution in [3.05, 3.63) is 57.4 Å². The van der Waals surface area contributed by atoms with Gasteiger partial charge in [0.1, 0.15) is 6.33 Å². The number of hydrogen-bond acceptors (Lipinski definition) is 5. The number of non-ortho nitro benzene ring substituents is 1. The number of nitrogens with one attached hydrogen (secondary N) is 1. The quantitative estimate of drug-likeness (QED) is 0.544. The van der Waals surface area contributed by atoms with E-state index in [-0.39, 0.29) is 16.8 Å². The minimum atomic E-state index is -0.473. The van der Waals surface area contributed by atoms with Crippen LogP contribution in [0.4, 0.5) is 5.69 Å². The van der Waals surface area contributed by atoms with Crippen molar-refractivity contribution >= 4 is 16.9 Å². The van der Waals surface area contributed by atoms with Gasteiger partial charge in [0, 0.05) is 17.8 Å². The van der Waals surface area contributed by atoms with Crippen LogP contribution in [0.5, 0.6) is 0 Å². The maximum atomic E-state index is 11.5. The molecule has 0 amide bonds. The molecule has 0 bridgehead atoms. The second-order valence-electron chi connectivity index (χ2n) is 3.79. The molecule has 0 unspecified atom stereocenters. The normalized spacial score (nSPS) is 10.7. The molecule has 19 heavy (non-hydrogen) atoms. The third-order valence-electron chi connectivity index (χ3n) is 2.68. The summed E-state index contributed by atoms with van der Waals surface area (Å²) in [5.41, 5.74) is 0.939. The lowest BCUT2D eigenvalue weighted by atomic mass is 10.3. The molecular weight excluding hydrogens is 250 g/mol. The van der Waals surface area contributed by atoms with Gasteiger partial charge in [-0.2, -0.15) is 0 Å². The Hall–Kier alpha value is -3.03. The summed E-state index contributed by atoms with van der Waals surface area (Å²) in [6, 6.07) is 5.91. The number of nitro benzene ring substituents is 1. The summed E-state index contributed by atoms with van der Waals surface area (Å²) in [7, 11) is 0. The van der Waals surface area contributed by atoms with Crippen LogP contribution in [0.2, 0.25) is 0 Å². The number of imidazole rings is 1. The van der Waals surface area contributed by atoms with Gasteiger partial charge in [-0.25, -0.2) is 9.97 Å². The first-order valence-electron chi connectivity index (χ1n) is 5.32. The molecule has 0 radical (unpaired) electrons. The Labute approximate surface area is 105 Å². The average molecular weight is 257 g/mol. The van der Waals surface area contributed by atoms with Gasteiger partial charge in [-0.3, -0.25) is 19.5 Å². The molecule has 8 heteroatoms. The SMILES string of the molecule is O=c1[nH]cnc2c1ncn2-c1ccc([N+](=O)[O-])cc1. The number of H-pyrrole nitrogens is 1. The van der Waals surface area contributed by atoms with Crippen LogP contribution in [0, 0.1) is 10.1 Å². The van der Waals surface area contributed by atoms with Crippen LogP contribution in [-0.2, 0) is 0 Å². The standard InChI is InChI=1S/C11H7N5O3/c17-11-9-10(12-5-13-11)15(6-14-9)7-1-3-8(4-2-7)16(18)19/h1-6H,(H,12,13,17). The largest absolute Gasteiger partial charge is 0.311 e. The monoisotopic (exact) mass is 257 g/mol. The number of hydrogen-bond donors (Lipinski definition) is 1. The van der Waals surface area contributed by atoms with E-state index in [1.165, 1.54) is 24.8 Å². The lowest BCUT2D eigenvalue weighted by molar-refractivity contribution is -0.384. The smallest absolute Gasteiger partial charge is 0.278 e. The van der Waals surface area contributed by atoms with E-state index in [0.29, 0.717) is 11.3 Å². The highest BCUT2D eigenvalue weighted by atomic mass is 16.6. The molecule has 0 aliphatic rings. The first kappa shape index (κ1) is 11.1. The molecule has 0 saturated heterocycles. The number of nitrogens with zero attached hydrogens (tertiary/aromatic N) is 4. The van der Waals surface area contributed by atoms with Crippen LogP contribution in [0.25, 0.3) is 16.9 Å². The van der Waals surface area contributed by atoms with E-state index in [4.69, 9.17) is 0 Å². The fraction of sp³-hybridized carbons (Fsp3) is 0. The van der Waals surface area contributed by atoms with Crippen molar-refractivity contribution < 1.29 is 4.92 Å². The lowest BCUT2D eigenvalue weighted by Gasteiger charge is -2.02. The fourth-order valence-corrected chi connectivity index (χ4v) is 1.77. The first-order chi connectivity index (χ1) is 9.16. The zero-order chi connectivity index (χ0) is 13.4. The number of rotatable bonds is 2. The van der Waals surface area contributed by atoms with Crippen molar-refractivity contribution in [1.29, 1.82) is 0 Å². The van der Waals surface area contributed by atoms with Crippen LogP contribution in [0.3, 0.4) is 0 Å². The summed E-state index contributed by atoms with van der Waals surface area (Å²) >= 11 is 0. The average Bonchev–Trinajstić information content (AvgIpc) is 2.84. The minimum absolute atomic E-state index is 0.000947. The molecule has 2 aromatic heterocycles. The van der Waals surface area contributed by atoms with Gasteiger partial charge < -0.3 is 4.98 Å². The van der Waals surface area contributed by atoms with Gasteiger partial charge in [-0.1, -0.05) is 0 Å². The Morgan fingerprint density at radius 1 is 1.21 bits per heavy atom. The fourth-order valence-electron chi connectivity index (χ4n) is 1.77. The van der Waals surface area contributed by atoms with Crippen molar-refractivity contribution in [3.8, 4) is 5.69 Å². The van der Waals surface area contributed by atoms with Crippen LogP contribution in [0.15, 0.2) is 41.7 Å². The number of benzene rings is 1. The number of nitro groups is 1. The van der Waals surface area contributed by atoms with E-state index in [9.17, 15) is 14.9 Å². The molecule has 8 nitrogen and oxygen atoms in total. The van der Waals surface area contributed by atoms with Crippen LogP contribution in [-0.4, -0.2) is 24.4 Å². The second-order valence-corrected chi connectivity index (χ2v) is 3.79. The van der Waals surface area contributed by atoms with Gasteiger partial charge in [-0.05, 0) is 12.1 Å². The van der Waals surface area contributed by atoms with Crippen molar-refractivity contribution in [2.24, 2.45) is 0 Å². The molecule has 1 N–H and O–H groups in total. The van der Waals surface area contributed by atoms with Gasteiger partial charge in [0.15, 0.2) is 11.2 Å². The molecular formula is C11H7N5O3. The highest BCUT2D eigenvalue weighted by Gasteiger charge is 2.10. The maximum absolute atomic E-state index is 11.5. The van der Waals surface area contributed by atoms with Gasteiger partial charge in [0.25, 0.3) is 11.2 Å². The third kappa shape index (κ3) is 1.75. The molecule has 3 rings (SSSR count). The van der Waals surface area contributed by atoms with Crippen molar-refractivity contribution in [3.63, 3.8) is 0 Å². The van der Waals surface area contributed by atoms with Gasteiger partial charge in [0.2, 0.25) is 0 Å². The highest BCUT2D eigenvalue weighted by Crippen LogP contribution is 2.17. The molecule has 0 aliphatic carbocycles. The van der Waals surface area contributed by atoms with E-state index in [1.807, 2.05) is 0 Å². The predicted molar refractivity (Wildman–Crippen MR) is 66.1 cm³/mol. The molecule has 94 valence electrons. The van der Waals surface area contributed by atoms with Crippen molar-refractivity contribution in [1.82, 2.24) is 19.5 Å². The van der Waals surface area contributed by atoms with Crippen molar-refractivity contribution in [2.45, 2.75) is 0 Å². The molecule has 0 fully saturated rings. The summed E-state index contributed by atoms with van der Waals surface area (Å²) in [5.74, 6) is 0. The predicted octanol–water partition coefficient (Wildman–Crippen LogP) is 1.02. The molecule has 0 spiro atoms. The van der Waals surface area contributed by atoms with Crippen LogP contribution >= 0.6 is 0 Å². The second kappa shape index (κ2) is 4.02. The molecule has 0 aliphatic heterocycles. The summed E-state index contributed by atoms with van der Waals surface area (Å²) in [5, 5.41) is 10.6. The zero-order valence-electron chi connectivity index (χ0n) is 9.48. The van der Waals surface area contributed by atoms with Crippen LogP contribution in [0.1, 0.15) is 0 Å². The summed E-state index contributed by atoms with van der Waals surface area (Å²) in [6.45, 7) is 0. The third-order valence-corrected chi connectivity index (χ3v) is 2.68. The molecule has 3 aromatic rings. The van der Waals surface area contributed by atoms with Crippen LogP contribution < -0.4 is 5.56 Å². The first-order valence-corrected chi connectivity index (χ1v) is 5.32. The highest BCUT2D eigenvalue weighted by molar-refractivity contribution is 5.71. The Bertz CT molecular complexity index is 818. The van der Waals surface area contributed by atoms with Gasteiger partial charge in [-0.15, -0.1) is 0 Å². The summed E-state index contributed by atoms with van der Waals surface area (Å²) in [6.07, 6.45) is 2.74. The number of fused-ring (bicyclic) bond motifs is 1. The lowest BCUT2D eigenvalue weighted by Crippen LogP contribution is -2.07. The van der Waals surface area contributed by atoms with E-state index < -0.39 is 4.92 Å². The minimum Gasteiger partial charge on any atom is -0.311 e. The Morgan fingerprint density at radius 2 is 1.95 bits per heavy atom. The molecule has 2 heterocycles. The molecule has 1 aromatic carbocycles. The Morgan fingerprint density at radius 3 is 2.63 bits per heavy atom. The summed E-state index contributed by atoms with van der Waals surface area (Å²) < 4.78 is 1.59. The Balaban J connectivity index is 2.17. The van der Waals surface area contributed by atoms with E-state index in [0.717, 1.165) is 0 Å². The molecule has 0 atom stereocenters. The van der Waals surface area contributed by atoms with Gasteiger partial charge >= 0.3 is 0 Å². The van der Waals surface area contributed by atoms with Gasteiger partial charge in [0.05, 0.1) is 11.3 Å². The summed E-state index contributed by atoms with van der Waals surface area (Å²) in [4.78, 5) is 32.1. The number of aromatic amines is 1. The van der Waals surface area contributed by atoms with E-state index in [1.54, 1.807) is 16.7 Å². The van der Waals surface area contributed by atoms with E-state index in [2.05, 4.69) is 15.0 Å². The van der Waals surface area contributed by atoms with Crippen molar-refractivity contribution in [2.75, 3.05) is 0 Å². The number of aromatic nitrogens is 4. The zero-order valence-corrected chi connectivity index (χ0v) is 9.48. The Kier molecular flexibility index (Phi) is 2.34. The maximum Gasteiger partial charge on any atom is 0.278 e. The van der Waals surface area contributed by atoms with E-state index >= 15 is 0 Å². The molecule has 0 saturated carbocycles.